The summed E-state index contributed by atoms with van der Waals surface area (Å²) < 4.78 is 29.2. The number of anilines is 1. The molecule has 0 aromatic heterocycles. The number of amides is 4. The fourth-order valence-electron chi connectivity index (χ4n) is 7.15. The lowest BCUT2D eigenvalue weighted by Gasteiger charge is -2.42. The molecule has 326 valence electrons. The van der Waals surface area contributed by atoms with Gasteiger partial charge in [-0.15, -0.1) is 0 Å². The minimum absolute atomic E-state index is 0.0313. The lowest BCUT2D eigenvalue weighted by Crippen LogP contribution is -2.63. The predicted molar refractivity (Wildman–Crippen MR) is 221 cm³/mol. The third-order valence-electron chi connectivity index (χ3n) is 11.0. The van der Waals surface area contributed by atoms with Crippen LogP contribution >= 0.6 is 23.4 Å². The predicted octanol–water partition coefficient (Wildman–Crippen LogP) is 3.73. The molecule has 3 aliphatic rings. The number of halogens is 1. The van der Waals surface area contributed by atoms with E-state index in [1.54, 1.807) is 45.2 Å². The number of aliphatic hydroxyl groups is 1. The fraction of sp³-hybridized carbons (Fsp3) is 0.610. The molecule has 2 fully saturated rings. The Bertz CT molecular complexity index is 1830. The van der Waals surface area contributed by atoms with E-state index in [1.165, 1.54) is 56.7 Å². The molecule has 0 unspecified atom stereocenters. The van der Waals surface area contributed by atoms with Crippen molar-refractivity contribution in [1.82, 2.24) is 15.5 Å². The number of esters is 1. The lowest BCUT2D eigenvalue weighted by molar-refractivity contribution is -0.162. The number of epoxide rings is 1. The largest absolute Gasteiger partial charge is 0.495 e. The molecule has 4 rings (SSSR count). The van der Waals surface area contributed by atoms with Crippen LogP contribution in [-0.4, -0.2) is 134 Å². The number of hydrogen-bond donors (Lipinski definition) is 3. The number of Topliss-reactive ketones (excluding diaryl/α,β-unsaturated/α-hetero) is 1. The van der Waals surface area contributed by atoms with Gasteiger partial charge in [0.25, 0.3) is 0 Å². The number of benzene rings is 1. The highest BCUT2D eigenvalue weighted by Gasteiger charge is 2.64. The van der Waals surface area contributed by atoms with Gasteiger partial charge in [0, 0.05) is 58.7 Å². The standard InChI is InChI=1S/C41H57ClN4O12S/c1-23-11-10-12-31(55-9)41(53)21-30(56-39(52)44-41)25(3)37-40(5,58-37)32(20-35(50)46(7)28-18-27(17-23)19-29(54-8)36(28)42)57-38(51)26(4)45(6)34(49)14-16-59-22-33(48)43-15-13-24(2)47/h10-12,18-19,25-26,30-32,37,53H,13-17,20-22H2,1-9H3,(H,43,48)(H,44,52)/b12-10+,23-11+/t25-,26+,30+,31-,32+,37+,40+,41+/m1/s1. The van der Waals surface area contributed by atoms with Crippen molar-refractivity contribution in [1.29, 1.82) is 0 Å². The van der Waals surface area contributed by atoms with Gasteiger partial charge in [0.2, 0.25) is 17.7 Å². The summed E-state index contributed by atoms with van der Waals surface area (Å²) in [6, 6.07) is 2.48. The molecule has 3 aliphatic heterocycles. The summed E-state index contributed by atoms with van der Waals surface area (Å²) in [5, 5.41) is 17.1. The van der Waals surface area contributed by atoms with Gasteiger partial charge in [-0.1, -0.05) is 42.3 Å². The second kappa shape index (κ2) is 20.4. The molecule has 3 N–H and O–H groups in total. The molecular weight excluding hydrogens is 808 g/mol. The van der Waals surface area contributed by atoms with Gasteiger partial charge in [0.15, 0.2) is 5.72 Å². The van der Waals surface area contributed by atoms with Crippen LogP contribution in [0.15, 0.2) is 35.9 Å². The summed E-state index contributed by atoms with van der Waals surface area (Å²) in [7, 11) is 5.91. The Hall–Kier alpha value is -4.16. The van der Waals surface area contributed by atoms with Gasteiger partial charge in [-0.2, -0.15) is 11.8 Å². The monoisotopic (exact) mass is 864 g/mol. The first kappa shape index (κ1) is 47.5. The molecule has 59 heavy (non-hydrogen) atoms. The second-order valence-electron chi connectivity index (χ2n) is 15.5. The minimum Gasteiger partial charge on any atom is -0.495 e. The number of ether oxygens (including phenoxy) is 5. The van der Waals surface area contributed by atoms with Gasteiger partial charge in [0.05, 0.1) is 31.1 Å². The Morgan fingerprint density at radius 2 is 1.92 bits per heavy atom. The van der Waals surface area contributed by atoms with E-state index in [-0.39, 0.29) is 60.6 Å². The van der Waals surface area contributed by atoms with Gasteiger partial charge < -0.3 is 43.9 Å². The van der Waals surface area contributed by atoms with Crippen molar-refractivity contribution in [3.63, 3.8) is 0 Å². The number of carbonyl (C=O) groups excluding carboxylic acids is 6. The van der Waals surface area contributed by atoms with E-state index in [0.29, 0.717) is 23.6 Å². The molecule has 0 saturated carbocycles. The summed E-state index contributed by atoms with van der Waals surface area (Å²) in [5.41, 5.74) is -1.07. The molecule has 8 atom stereocenters. The molecule has 0 spiro atoms. The third-order valence-corrected chi connectivity index (χ3v) is 12.4. The number of nitrogens with zero attached hydrogens (tertiary/aromatic N) is 2. The summed E-state index contributed by atoms with van der Waals surface area (Å²) >= 11 is 8.01. The second-order valence-corrected chi connectivity index (χ2v) is 17.0. The minimum atomic E-state index is -1.85. The molecule has 0 aliphatic carbocycles. The first-order chi connectivity index (χ1) is 27.7. The Balaban J connectivity index is 1.60. The summed E-state index contributed by atoms with van der Waals surface area (Å²) in [6.07, 6.45) is 0.891. The van der Waals surface area contributed by atoms with Gasteiger partial charge in [-0.25, -0.2) is 9.59 Å². The number of hydrogen-bond acceptors (Lipinski definition) is 13. The maximum atomic E-state index is 14.2. The molecule has 3 heterocycles. The number of thioether (sulfide) groups is 1. The molecule has 4 amide bonds. The molecule has 1 aromatic rings. The zero-order chi connectivity index (χ0) is 43.8. The van der Waals surface area contributed by atoms with E-state index in [9.17, 15) is 33.9 Å². The van der Waals surface area contributed by atoms with E-state index in [0.717, 1.165) is 11.1 Å². The lowest BCUT2D eigenvalue weighted by atomic mass is 9.83. The van der Waals surface area contributed by atoms with Crippen LogP contribution in [0.2, 0.25) is 5.02 Å². The van der Waals surface area contributed by atoms with Crippen molar-refractivity contribution >= 4 is 64.6 Å². The smallest absolute Gasteiger partial charge is 0.409 e. The highest BCUT2D eigenvalue weighted by atomic mass is 35.5. The van der Waals surface area contributed by atoms with Crippen LogP contribution in [0.1, 0.15) is 65.9 Å². The molecular formula is C41H57ClN4O12S. The van der Waals surface area contributed by atoms with Crippen LogP contribution in [0.25, 0.3) is 0 Å². The Labute approximate surface area is 354 Å². The normalized spacial score (nSPS) is 29.0. The highest BCUT2D eigenvalue weighted by molar-refractivity contribution is 7.99. The maximum absolute atomic E-state index is 14.2. The number of nitrogens with one attached hydrogen (secondary N) is 2. The van der Waals surface area contributed by atoms with E-state index < -0.39 is 65.7 Å². The summed E-state index contributed by atoms with van der Waals surface area (Å²) in [6.45, 7) is 8.57. The number of likely N-dealkylation sites (N-methyl/N-ethyl adjacent to an activating group) is 1. The van der Waals surface area contributed by atoms with Crippen molar-refractivity contribution < 1.29 is 57.6 Å². The quantitative estimate of drug-likeness (QED) is 0.147. The van der Waals surface area contributed by atoms with Gasteiger partial charge in [0.1, 0.15) is 46.5 Å². The first-order valence-electron chi connectivity index (χ1n) is 19.4. The summed E-state index contributed by atoms with van der Waals surface area (Å²) in [4.78, 5) is 79.9. The third kappa shape index (κ3) is 12.0. The van der Waals surface area contributed by atoms with Crippen LogP contribution in [0.4, 0.5) is 10.5 Å². The van der Waals surface area contributed by atoms with Crippen molar-refractivity contribution in [2.75, 3.05) is 51.3 Å². The molecule has 16 nitrogen and oxygen atoms in total. The number of alkyl carbamates (subject to hydrolysis) is 1. The number of rotatable bonds is 13. The van der Waals surface area contributed by atoms with Crippen LogP contribution in [0.3, 0.4) is 0 Å². The number of ketones is 1. The number of carbonyl (C=O) groups is 6. The summed E-state index contributed by atoms with van der Waals surface area (Å²) in [5.74, 6) is -1.71. The fourth-order valence-corrected chi connectivity index (χ4v) is 8.21. The Kier molecular flexibility index (Phi) is 16.4. The molecule has 4 bridgehead atoms. The molecule has 2 saturated heterocycles. The number of allylic oxidation sites excluding steroid dienone is 3. The Morgan fingerprint density at radius 1 is 1.20 bits per heavy atom. The van der Waals surface area contributed by atoms with Crippen LogP contribution in [0.5, 0.6) is 5.75 Å². The van der Waals surface area contributed by atoms with E-state index >= 15 is 0 Å². The Morgan fingerprint density at radius 3 is 2.58 bits per heavy atom. The van der Waals surface area contributed by atoms with Gasteiger partial charge in [-0.3, -0.25) is 24.5 Å². The van der Waals surface area contributed by atoms with Crippen molar-refractivity contribution in [2.24, 2.45) is 5.92 Å². The zero-order valence-electron chi connectivity index (χ0n) is 35.1. The SMILES string of the molecule is COc1cc2cc(c1Cl)N(C)C(=O)C[C@H](OC(=O)[C@H](C)N(C)C(=O)CCSCC(=O)NCCC(C)=O)[C@]1(C)O[C@H]1[C@H](C)[C@@H]1C[C@@](O)(NC(=O)O1)[C@H](OC)/C=C/C=C(\C)C2. The number of methoxy groups -OCH3 is 2. The molecule has 0 radical (unpaired) electrons. The van der Waals surface area contributed by atoms with Crippen LogP contribution < -0.4 is 20.3 Å². The van der Waals surface area contributed by atoms with Gasteiger partial charge in [-0.05, 0) is 51.8 Å². The molecule has 18 heteroatoms. The van der Waals surface area contributed by atoms with Crippen molar-refractivity contribution in [3.8, 4) is 5.75 Å². The highest BCUT2D eigenvalue weighted by Crippen LogP contribution is 2.49. The van der Waals surface area contributed by atoms with E-state index in [1.807, 2.05) is 13.0 Å². The molecule has 1 aromatic carbocycles. The van der Waals surface area contributed by atoms with Crippen LogP contribution in [-0.2, 0) is 49.3 Å². The van der Waals surface area contributed by atoms with E-state index in [4.69, 9.17) is 35.3 Å². The zero-order valence-corrected chi connectivity index (χ0v) is 36.7. The number of fused-ring (bicyclic) bond motifs is 5. The average molecular weight is 865 g/mol. The van der Waals surface area contributed by atoms with E-state index in [2.05, 4.69) is 10.6 Å². The van der Waals surface area contributed by atoms with Gasteiger partial charge >= 0.3 is 12.1 Å². The maximum Gasteiger partial charge on any atom is 0.409 e. The van der Waals surface area contributed by atoms with Crippen LogP contribution in [0, 0.1) is 5.92 Å². The first-order valence-corrected chi connectivity index (χ1v) is 21.0. The van der Waals surface area contributed by atoms with Crippen molar-refractivity contribution in [2.45, 2.75) is 109 Å². The average Bonchev–Trinajstić information content (AvgIpc) is 3.88. The van der Waals surface area contributed by atoms with Crippen molar-refractivity contribution in [3.05, 3.63) is 46.5 Å². The topological polar surface area (TPSA) is 203 Å².